The molecule has 0 atom stereocenters. The molecule has 0 spiro atoms. The van der Waals surface area contributed by atoms with E-state index in [4.69, 9.17) is 21.7 Å². The fraction of sp³-hybridized carbons (Fsp3) is 0.0435. The third-order valence-corrected chi connectivity index (χ3v) is 7.23. The normalized spacial score (nSPS) is 11.5. The molecule has 8 heteroatoms. The van der Waals surface area contributed by atoms with Gasteiger partial charge in [0, 0.05) is 16.5 Å². The monoisotopic (exact) mass is 459 g/mol. The van der Waals surface area contributed by atoms with Crippen LogP contribution >= 0.6 is 34.3 Å². The van der Waals surface area contributed by atoms with E-state index in [9.17, 15) is 0 Å². The lowest BCUT2D eigenvalue weighted by Crippen LogP contribution is -1.93. The molecule has 0 unspecified atom stereocenters. The summed E-state index contributed by atoms with van der Waals surface area (Å²) in [6.45, 7) is 2.09. The van der Waals surface area contributed by atoms with E-state index >= 15 is 0 Å². The van der Waals surface area contributed by atoms with Crippen molar-refractivity contribution >= 4 is 50.1 Å². The van der Waals surface area contributed by atoms with E-state index in [0.29, 0.717) is 10.8 Å². The maximum Gasteiger partial charge on any atom is 0.235 e. The highest BCUT2D eigenvalue weighted by molar-refractivity contribution is 7.20. The molecule has 0 aliphatic heterocycles. The number of benzene rings is 2. The van der Waals surface area contributed by atoms with Crippen LogP contribution in [0.4, 0.5) is 0 Å². The van der Waals surface area contributed by atoms with E-state index in [1.165, 1.54) is 16.9 Å². The number of rotatable bonds is 3. The molecule has 0 bridgehead atoms. The SMILES string of the molecule is Cc1ccc2nc(-c3cccs3)cc(-c3nn4c(-c5ccccc5Cl)nnc4s3)c2c1. The molecule has 2 aromatic carbocycles. The number of pyridine rings is 1. The van der Waals surface area contributed by atoms with E-state index < -0.39 is 0 Å². The van der Waals surface area contributed by atoms with E-state index in [-0.39, 0.29) is 0 Å². The summed E-state index contributed by atoms with van der Waals surface area (Å²) in [4.78, 5) is 6.75. The van der Waals surface area contributed by atoms with Crippen LogP contribution in [0.1, 0.15) is 5.56 Å². The minimum atomic E-state index is 0.622. The smallest absolute Gasteiger partial charge is 0.235 e. The molecular formula is C23H14ClN5S2. The highest BCUT2D eigenvalue weighted by Crippen LogP contribution is 2.37. The van der Waals surface area contributed by atoms with Crippen LogP contribution in [-0.2, 0) is 0 Å². The molecule has 0 N–H and O–H groups in total. The first kappa shape index (κ1) is 18.6. The average molecular weight is 460 g/mol. The van der Waals surface area contributed by atoms with Crippen LogP contribution in [0, 0.1) is 6.92 Å². The van der Waals surface area contributed by atoms with Crippen molar-refractivity contribution in [3.8, 4) is 32.5 Å². The Morgan fingerprint density at radius 3 is 2.68 bits per heavy atom. The van der Waals surface area contributed by atoms with E-state index in [1.54, 1.807) is 15.9 Å². The van der Waals surface area contributed by atoms with Crippen LogP contribution in [0.15, 0.2) is 66.0 Å². The summed E-state index contributed by atoms with van der Waals surface area (Å²) in [5.41, 5.74) is 4.92. The molecule has 0 aliphatic carbocycles. The quantitative estimate of drug-likeness (QED) is 0.293. The lowest BCUT2D eigenvalue weighted by atomic mass is 10.1. The van der Waals surface area contributed by atoms with Gasteiger partial charge in [-0.3, -0.25) is 0 Å². The summed E-state index contributed by atoms with van der Waals surface area (Å²) >= 11 is 9.59. The van der Waals surface area contributed by atoms with Gasteiger partial charge in [0.15, 0.2) is 5.82 Å². The molecule has 0 fully saturated rings. The number of thiophene rings is 1. The van der Waals surface area contributed by atoms with Gasteiger partial charge in [-0.2, -0.15) is 9.61 Å². The Morgan fingerprint density at radius 2 is 1.84 bits per heavy atom. The third-order valence-electron chi connectivity index (χ3n) is 5.07. The summed E-state index contributed by atoms with van der Waals surface area (Å²) < 4.78 is 1.77. The van der Waals surface area contributed by atoms with Crippen molar-refractivity contribution in [1.29, 1.82) is 0 Å². The van der Waals surface area contributed by atoms with Crippen LogP contribution in [0.3, 0.4) is 0 Å². The Kier molecular flexibility index (Phi) is 4.34. The number of nitrogens with zero attached hydrogens (tertiary/aromatic N) is 5. The van der Waals surface area contributed by atoms with Crippen molar-refractivity contribution in [3.05, 3.63) is 76.6 Å². The van der Waals surface area contributed by atoms with Gasteiger partial charge < -0.3 is 0 Å². The number of fused-ring (bicyclic) bond motifs is 2. The van der Waals surface area contributed by atoms with Gasteiger partial charge in [-0.25, -0.2) is 4.98 Å². The van der Waals surface area contributed by atoms with Crippen molar-refractivity contribution in [1.82, 2.24) is 24.8 Å². The zero-order chi connectivity index (χ0) is 20.9. The van der Waals surface area contributed by atoms with Crippen molar-refractivity contribution in [2.24, 2.45) is 0 Å². The Hall–Kier alpha value is -3.13. The Labute approximate surface area is 190 Å². The lowest BCUT2D eigenvalue weighted by molar-refractivity contribution is 0.971. The molecule has 6 aromatic rings. The molecule has 0 amide bonds. The fourth-order valence-electron chi connectivity index (χ4n) is 3.60. The van der Waals surface area contributed by atoms with Gasteiger partial charge in [0.25, 0.3) is 0 Å². The largest absolute Gasteiger partial charge is 0.247 e. The highest BCUT2D eigenvalue weighted by Gasteiger charge is 2.19. The van der Waals surface area contributed by atoms with Crippen LogP contribution in [0.5, 0.6) is 0 Å². The van der Waals surface area contributed by atoms with Gasteiger partial charge in [-0.1, -0.05) is 52.8 Å². The molecule has 150 valence electrons. The van der Waals surface area contributed by atoms with Gasteiger partial charge in [-0.15, -0.1) is 21.5 Å². The summed E-state index contributed by atoms with van der Waals surface area (Å²) in [6.07, 6.45) is 0. The van der Waals surface area contributed by atoms with Crippen molar-refractivity contribution in [3.63, 3.8) is 0 Å². The zero-order valence-corrected chi connectivity index (χ0v) is 18.7. The van der Waals surface area contributed by atoms with Gasteiger partial charge in [0.1, 0.15) is 5.01 Å². The Bertz CT molecular complexity index is 1570. The fourth-order valence-corrected chi connectivity index (χ4v) is 5.38. The topological polar surface area (TPSA) is 56.0 Å². The first-order valence-electron chi connectivity index (χ1n) is 9.60. The average Bonchev–Trinajstić information content (AvgIpc) is 3.51. The third kappa shape index (κ3) is 3.13. The summed E-state index contributed by atoms with van der Waals surface area (Å²) in [5.74, 6) is 0.635. The van der Waals surface area contributed by atoms with Crippen molar-refractivity contribution in [2.45, 2.75) is 6.92 Å². The molecule has 0 radical (unpaired) electrons. The minimum absolute atomic E-state index is 0.622. The van der Waals surface area contributed by atoms with Gasteiger partial charge >= 0.3 is 0 Å². The first-order chi connectivity index (χ1) is 15.2. The molecule has 31 heavy (non-hydrogen) atoms. The molecule has 5 nitrogen and oxygen atoms in total. The van der Waals surface area contributed by atoms with Crippen molar-refractivity contribution in [2.75, 3.05) is 0 Å². The second-order valence-electron chi connectivity index (χ2n) is 7.16. The number of hydrogen-bond acceptors (Lipinski definition) is 6. The van der Waals surface area contributed by atoms with Crippen LogP contribution in [0.25, 0.3) is 48.4 Å². The van der Waals surface area contributed by atoms with Gasteiger partial charge in [0.2, 0.25) is 4.96 Å². The molecule has 6 rings (SSSR count). The van der Waals surface area contributed by atoms with Gasteiger partial charge in [-0.05, 0) is 48.7 Å². The van der Waals surface area contributed by atoms with E-state index in [2.05, 4.69) is 52.8 Å². The summed E-state index contributed by atoms with van der Waals surface area (Å²) in [5, 5.41) is 18.2. The molecule has 4 aromatic heterocycles. The molecule has 0 saturated carbocycles. The predicted molar refractivity (Wildman–Crippen MR) is 128 cm³/mol. The minimum Gasteiger partial charge on any atom is -0.247 e. The number of halogens is 1. The maximum absolute atomic E-state index is 6.40. The van der Waals surface area contributed by atoms with Gasteiger partial charge in [0.05, 0.1) is 21.1 Å². The van der Waals surface area contributed by atoms with Crippen LogP contribution in [0.2, 0.25) is 5.02 Å². The predicted octanol–water partition coefficient (Wildman–Crippen LogP) is 6.76. The van der Waals surface area contributed by atoms with E-state index in [0.717, 1.165) is 42.6 Å². The summed E-state index contributed by atoms with van der Waals surface area (Å²) in [7, 11) is 0. The number of aryl methyl sites for hydroxylation is 1. The number of aromatic nitrogens is 5. The van der Waals surface area contributed by atoms with Crippen LogP contribution < -0.4 is 0 Å². The molecule has 4 heterocycles. The molecule has 0 saturated heterocycles. The maximum atomic E-state index is 6.40. The highest BCUT2D eigenvalue weighted by atomic mass is 35.5. The van der Waals surface area contributed by atoms with E-state index in [1.807, 2.05) is 30.3 Å². The summed E-state index contributed by atoms with van der Waals surface area (Å²) in [6, 6.07) is 20.2. The second kappa shape index (κ2) is 7.23. The molecular weight excluding hydrogens is 446 g/mol. The first-order valence-corrected chi connectivity index (χ1v) is 11.7. The standard InChI is InChI=1S/C23H14ClN5S2/c1-13-8-9-18-15(11-13)16(12-19(25-18)20-7-4-10-30-20)22-28-29-21(26-27-23(29)31-22)14-5-2-3-6-17(14)24/h2-12H,1H3. The second-order valence-corrected chi connectivity index (χ2v) is 9.47. The Morgan fingerprint density at radius 1 is 0.935 bits per heavy atom. The number of hydrogen-bond donors (Lipinski definition) is 0. The Balaban J connectivity index is 1.60. The molecule has 0 aliphatic rings. The lowest BCUT2D eigenvalue weighted by Gasteiger charge is -2.08. The van der Waals surface area contributed by atoms with Crippen LogP contribution in [-0.4, -0.2) is 24.8 Å². The van der Waals surface area contributed by atoms with Crippen molar-refractivity contribution < 1.29 is 0 Å². The zero-order valence-electron chi connectivity index (χ0n) is 16.3.